The van der Waals surface area contributed by atoms with Gasteiger partial charge in [-0.1, -0.05) is 20.8 Å². The third-order valence-electron chi connectivity index (χ3n) is 8.56. The number of aliphatic hydroxyl groups is 1. The quantitative estimate of drug-likeness (QED) is 0.466. The number of hydrogen-bond acceptors (Lipinski definition) is 6. The van der Waals surface area contributed by atoms with E-state index in [1.165, 1.54) is 0 Å². The zero-order valence-electron chi connectivity index (χ0n) is 22.2. The molecule has 3 saturated heterocycles. The second kappa shape index (κ2) is 10.2. The van der Waals surface area contributed by atoms with Gasteiger partial charge < -0.3 is 25.5 Å². The van der Waals surface area contributed by atoms with Crippen LogP contribution in [0.1, 0.15) is 41.0 Å². The fourth-order valence-electron chi connectivity index (χ4n) is 6.76. The summed E-state index contributed by atoms with van der Waals surface area (Å²) < 4.78 is -0.702. The Morgan fingerprint density at radius 2 is 1.83 bits per heavy atom. The third-order valence-corrected chi connectivity index (χ3v) is 10.6. The van der Waals surface area contributed by atoms with Crippen molar-refractivity contribution in [1.29, 1.82) is 0 Å². The van der Waals surface area contributed by atoms with E-state index >= 15 is 0 Å². The lowest BCUT2D eigenvalue weighted by atomic mass is 9.66. The SMILES string of the molecule is CCN(CC)c1ccc(NC(=O)C2N([C@@H](CO)C(C)C)C(=O)[C@@H]3[C@@H](C(=O)NC)[C@H]4CC(C)C23S4)cc1. The second-order valence-electron chi connectivity index (χ2n) is 10.6. The molecule has 7 atom stereocenters. The van der Waals surface area contributed by atoms with Crippen LogP contribution in [0.25, 0.3) is 0 Å². The topological polar surface area (TPSA) is 102 Å². The predicted octanol–water partition coefficient (Wildman–Crippen LogP) is 2.57. The Hall–Kier alpha value is -2.26. The van der Waals surface area contributed by atoms with Crippen molar-refractivity contribution in [3.8, 4) is 0 Å². The van der Waals surface area contributed by atoms with E-state index in [9.17, 15) is 19.5 Å². The number of carbonyl (C=O) groups is 3. The second-order valence-corrected chi connectivity index (χ2v) is 12.2. The van der Waals surface area contributed by atoms with Gasteiger partial charge in [0.05, 0.1) is 29.2 Å². The lowest BCUT2D eigenvalue weighted by Gasteiger charge is -2.40. The number of hydrogen-bond donors (Lipinski definition) is 3. The predicted molar refractivity (Wildman–Crippen MR) is 144 cm³/mol. The van der Waals surface area contributed by atoms with Crippen molar-refractivity contribution in [2.24, 2.45) is 23.7 Å². The van der Waals surface area contributed by atoms with Crippen molar-refractivity contribution >= 4 is 40.9 Å². The van der Waals surface area contributed by atoms with E-state index in [2.05, 4.69) is 36.3 Å². The standard InChI is InChI=1S/C27H40N4O4S/c1-7-30(8-2)18-11-9-17(10-12-18)29-25(34)23-27-16(5)13-20(36-27)21(24(33)28-6)22(27)26(35)31(23)19(14-32)15(3)4/h9-12,15-16,19-23,32H,7-8,13-14H2,1-6H3,(H,28,33)(H,29,34)/t16?,19-,20+,21-,22-,23?,27?/m0/s1. The van der Waals surface area contributed by atoms with Gasteiger partial charge in [0, 0.05) is 36.8 Å². The van der Waals surface area contributed by atoms with Crippen LogP contribution >= 0.6 is 11.8 Å². The molecule has 1 aromatic rings. The Morgan fingerprint density at radius 3 is 2.36 bits per heavy atom. The minimum Gasteiger partial charge on any atom is -0.394 e. The molecule has 0 aromatic heterocycles. The largest absolute Gasteiger partial charge is 0.394 e. The number of rotatable bonds is 9. The third kappa shape index (κ3) is 3.99. The first-order valence-corrected chi connectivity index (χ1v) is 14.0. The average molecular weight is 517 g/mol. The first kappa shape index (κ1) is 26.8. The number of thioether (sulfide) groups is 1. The van der Waals surface area contributed by atoms with Crippen molar-refractivity contribution < 1.29 is 19.5 Å². The molecule has 3 heterocycles. The van der Waals surface area contributed by atoms with Gasteiger partial charge in [-0.05, 0) is 56.4 Å². The minimum absolute atomic E-state index is 0.00586. The number of nitrogens with zero attached hydrogens (tertiary/aromatic N) is 2. The van der Waals surface area contributed by atoms with Crippen LogP contribution in [0.5, 0.6) is 0 Å². The molecule has 3 amide bonds. The molecule has 3 aliphatic rings. The van der Waals surface area contributed by atoms with Gasteiger partial charge in [0.1, 0.15) is 6.04 Å². The normalized spacial score (nSPS) is 31.5. The van der Waals surface area contributed by atoms with E-state index in [1.807, 2.05) is 38.1 Å². The van der Waals surface area contributed by atoms with Crippen LogP contribution in [0.2, 0.25) is 0 Å². The van der Waals surface area contributed by atoms with Crippen LogP contribution < -0.4 is 15.5 Å². The molecule has 3 fully saturated rings. The summed E-state index contributed by atoms with van der Waals surface area (Å²) >= 11 is 1.64. The van der Waals surface area contributed by atoms with E-state index in [4.69, 9.17) is 0 Å². The van der Waals surface area contributed by atoms with Crippen LogP contribution in [0, 0.1) is 23.7 Å². The Morgan fingerprint density at radius 1 is 1.19 bits per heavy atom. The molecule has 9 heteroatoms. The molecule has 1 spiro atoms. The fourth-order valence-corrected chi connectivity index (χ4v) is 9.17. The van der Waals surface area contributed by atoms with Crippen LogP contribution in [0.15, 0.2) is 24.3 Å². The van der Waals surface area contributed by atoms with Gasteiger partial charge in [0.2, 0.25) is 17.7 Å². The molecule has 198 valence electrons. The van der Waals surface area contributed by atoms with Crippen molar-refractivity contribution in [3.05, 3.63) is 24.3 Å². The molecule has 0 aliphatic carbocycles. The van der Waals surface area contributed by atoms with Crippen LogP contribution in [0.4, 0.5) is 11.4 Å². The van der Waals surface area contributed by atoms with E-state index < -0.39 is 28.7 Å². The lowest BCUT2D eigenvalue weighted by Crippen LogP contribution is -2.57. The highest BCUT2D eigenvalue weighted by Crippen LogP contribution is 2.68. The van der Waals surface area contributed by atoms with Crippen molar-refractivity contribution in [3.63, 3.8) is 0 Å². The Labute approximate surface area is 218 Å². The van der Waals surface area contributed by atoms with Crippen LogP contribution in [0.3, 0.4) is 0 Å². The van der Waals surface area contributed by atoms with Gasteiger partial charge in [0.25, 0.3) is 0 Å². The van der Waals surface area contributed by atoms with Gasteiger partial charge >= 0.3 is 0 Å². The number of benzene rings is 1. The maximum absolute atomic E-state index is 14.1. The zero-order chi connectivity index (χ0) is 26.4. The lowest BCUT2D eigenvalue weighted by molar-refractivity contribution is -0.142. The van der Waals surface area contributed by atoms with Gasteiger partial charge in [-0.15, -0.1) is 11.8 Å². The summed E-state index contributed by atoms with van der Waals surface area (Å²) in [4.78, 5) is 44.9. The highest BCUT2D eigenvalue weighted by Gasteiger charge is 2.76. The van der Waals surface area contributed by atoms with E-state index in [-0.39, 0.29) is 41.4 Å². The van der Waals surface area contributed by atoms with E-state index in [1.54, 1.807) is 23.7 Å². The molecule has 36 heavy (non-hydrogen) atoms. The summed E-state index contributed by atoms with van der Waals surface area (Å²) in [7, 11) is 1.60. The minimum atomic E-state index is -0.767. The molecule has 0 radical (unpaired) electrons. The van der Waals surface area contributed by atoms with Gasteiger partial charge in [-0.2, -0.15) is 0 Å². The van der Waals surface area contributed by atoms with Crippen molar-refractivity contribution in [2.45, 2.75) is 63.1 Å². The fraction of sp³-hybridized carbons (Fsp3) is 0.667. The highest BCUT2D eigenvalue weighted by atomic mass is 32.2. The number of fused-ring (bicyclic) bond motifs is 1. The Kier molecular flexibility index (Phi) is 7.62. The number of amides is 3. The molecular weight excluding hydrogens is 476 g/mol. The molecule has 0 saturated carbocycles. The first-order valence-electron chi connectivity index (χ1n) is 13.1. The van der Waals surface area contributed by atoms with Crippen LogP contribution in [-0.4, -0.2) is 76.6 Å². The summed E-state index contributed by atoms with van der Waals surface area (Å²) in [6.45, 7) is 11.8. The Balaban J connectivity index is 1.72. The van der Waals surface area contributed by atoms with E-state index in [0.717, 1.165) is 25.2 Å². The average Bonchev–Trinajstić information content (AvgIpc) is 3.45. The van der Waals surface area contributed by atoms with Gasteiger partial charge in [-0.25, -0.2) is 0 Å². The van der Waals surface area contributed by atoms with E-state index in [0.29, 0.717) is 5.69 Å². The Bertz CT molecular complexity index is 998. The first-order chi connectivity index (χ1) is 17.2. The molecule has 3 unspecified atom stereocenters. The number of likely N-dealkylation sites (tertiary alicyclic amines) is 1. The summed E-state index contributed by atoms with van der Waals surface area (Å²) in [6.07, 6.45) is 0.786. The van der Waals surface area contributed by atoms with Gasteiger partial charge in [0.15, 0.2) is 0 Å². The number of aliphatic hydroxyl groups excluding tert-OH is 1. The maximum Gasteiger partial charge on any atom is 0.248 e. The zero-order valence-corrected chi connectivity index (χ0v) is 23.0. The van der Waals surface area contributed by atoms with Gasteiger partial charge in [-0.3, -0.25) is 14.4 Å². The molecule has 2 bridgehead atoms. The number of carbonyl (C=O) groups excluding carboxylic acids is 3. The molecular formula is C27H40N4O4S. The van der Waals surface area contributed by atoms with Crippen LogP contribution in [-0.2, 0) is 14.4 Å². The monoisotopic (exact) mass is 516 g/mol. The molecule has 4 rings (SSSR count). The summed E-state index contributed by atoms with van der Waals surface area (Å²) in [6, 6.07) is 6.50. The highest BCUT2D eigenvalue weighted by molar-refractivity contribution is 8.02. The van der Waals surface area contributed by atoms with Crippen molar-refractivity contribution in [1.82, 2.24) is 10.2 Å². The summed E-state index contributed by atoms with van der Waals surface area (Å²) in [5.74, 6) is -1.59. The maximum atomic E-state index is 14.1. The summed E-state index contributed by atoms with van der Waals surface area (Å²) in [5, 5.41) is 16.1. The molecule has 1 aromatic carbocycles. The molecule has 3 N–H and O–H groups in total. The summed E-state index contributed by atoms with van der Waals surface area (Å²) in [5.41, 5.74) is 1.75. The molecule has 3 aliphatic heterocycles. The molecule has 8 nitrogen and oxygen atoms in total. The van der Waals surface area contributed by atoms with Crippen molar-refractivity contribution in [2.75, 3.05) is 37.0 Å². The smallest absolute Gasteiger partial charge is 0.248 e. The number of anilines is 2. The number of nitrogens with one attached hydrogen (secondary N) is 2.